The summed E-state index contributed by atoms with van der Waals surface area (Å²) in [7, 11) is 0. The second-order valence-electron chi connectivity index (χ2n) is 3.11. The zero-order valence-corrected chi connectivity index (χ0v) is 9.38. The summed E-state index contributed by atoms with van der Waals surface area (Å²) in [6.45, 7) is 5.24. The van der Waals surface area contributed by atoms with E-state index in [0.717, 1.165) is 6.26 Å². The van der Waals surface area contributed by atoms with E-state index in [1.807, 2.05) is 0 Å². The lowest BCUT2D eigenvalue weighted by Gasteiger charge is -2.04. The van der Waals surface area contributed by atoms with Crippen LogP contribution >= 0.6 is 0 Å². The first kappa shape index (κ1) is 12.7. The van der Waals surface area contributed by atoms with Gasteiger partial charge in [-0.15, -0.1) is 0 Å². The molecule has 0 spiro atoms. The van der Waals surface area contributed by atoms with Crippen LogP contribution in [0.4, 0.5) is 10.6 Å². The SMILES string of the molecule is C=CCOC(=O)Nc1cnc(/C(C)=C/O)cn1. The highest BCUT2D eigenvalue weighted by atomic mass is 16.5. The molecule has 0 bridgehead atoms. The summed E-state index contributed by atoms with van der Waals surface area (Å²) in [6.07, 6.45) is 4.59. The molecule has 90 valence electrons. The molecule has 0 aliphatic heterocycles. The number of carbonyl (C=O) groups is 1. The van der Waals surface area contributed by atoms with Gasteiger partial charge in [-0.05, 0) is 6.92 Å². The maximum absolute atomic E-state index is 11.1. The van der Waals surface area contributed by atoms with E-state index < -0.39 is 6.09 Å². The number of anilines is 1. The zero-order chi connectivity index (χ0) is 12.7. The van der Waals surface area contributed by atoms with Crippen molar-refractivity contribution in [2.75, 3.05) is 11.9 Å². The Morgan fingerprint density at radius 3 is 2.88 bits per heavy atom. The fraction of sp³-hybridized carbons (Fsp3) is 0.182. The van der Waals surface area contributed by atoms with Crippen LogP contribution < -0.4 is 5.32 Å². The minimum Gasteiger partial charge on any atom is -0.515 e. The number of aliphatic hydroxyl groups is 1. The number of carbonyl (C=O) groups excluding carboxylic acids is 1. The van der Waals surface area contributed by atoms with Crippen LogP contribution in [0.3, 0.4) is 0 Å². The van der Waals surface area contributed by atoms with Gasteiger partial charge < -0.3 is 9.84 Å². The quantitative estimate of drug-likeness (QED) is 0.616. The summed E-state index contributed by atoms with van der Waals surface area (Å²) < 4.78 is 4.71. The first-order valence-electron chi connectivity index (χ1n) is 4.85. The third-order valence-corrected chi connectivity index (χ3v) is 1.81. The molecule has 2 N–H and O–H groups in total. The van der Waals surface area contributed by atoms with Crippen molar-refractivity contribution in [3.8, 4) is 0 Å². The summed E-state index contributed by atoms with van der Waals surface area (Å²) in [5, 5.41) is 11.2. The van der Waals surface area contributed by atoms with E-state index in [-0.39, 0.29) is 12.4 Å². The predicted octanol–water partition coefficient (Wildman–Crippen LogP) is 2.13. The molecule has 6 heteroatoms. The van der Waals surface area contributed by atoms with Gasteiger partial charge in [-0.3, -0.25) is 10.3 Å². The zero-order valence-electron chi connectivity index (χ0n) is 9.38. The Labute approximate surface area is 98.7 Å². The van der Waals surface area contributed by atoms with Crippen molar-refractivity contribution >= 4 is 17.5 Å². The minimum absolute atomic E-state index is 0.129. The number of nitrogens with zero attached hydrogens (tertiary/aromatic N) is 2. The second-order valence-corrected chi connectivity index (χ2v) is 3.11. The van der Waals surface area contributed by atoms with Crippen molar-refractivity contribution in [2.45, 2.75) is 6.92 Å². The summed E-state index contributed by atoms with van der Waals surface area (Å²) in [5.41, 5.74) is 1.11. The Morgan fingerprint density at radius 2 is 2.35 bits per heavy atom. The van der Waals surface area contributed by atoms with E-state index in [4.69, 9.17) is 9.84 Å². The van der Waals surface area contributed by atoms with E-state index in [9.17, 15) is 4.79 Å². The topological polar surface area (TPSA) is 84.3 Å². The molecule has 17 heavy (non-hydrogen) atoms. The highest BCUT2D eigenvalue weighted by Crippen LogP contribution is 2.10. The molecule has 0 saturated heterocycles. The molecular weight excluding hydrogens is 222 g/mol. The average molecular weight is 235 g/mol. The van der Waals surface area contributed by atoms with Gasteiger partial charge in [0, 0.05) is 5.57 Å². The maximum Gasteiger partial charge on any atom is 0.413 e. The predicted molar refractivity (Wildman–Crippen MR) is 63.5 cm³/mol. The van der Waals surface area contributed by atoms with Gasteiger partial charge in [-0.1, -0.05) is 12.7 Å². The average Bonchev–Trinajstić information content (AvgIpc) is 2.36. The molecule has 0 unspecified atom stereocenters. The van der Waals surface area contributed by atoms with E-state index in [0.29, 0.717) is 11.3 Å². The molecule has 0 fully saturated rings. The molecule has 1 aromatic heterocycles. The minimum atomic E-state index is -0.624. The number of amides is 1. The van der Waals surface area contributed by atoms with Crippen molar-refractivity contribution < 1.29 is 14.6 Å². The number of hydrogen-bond acceptors (Lipinski definition) is 5. The Hall–Kier alpha value is -2.37. The first-order valence-corrected chi connectivity index (χ1v) is 4.85. The van der Waals surface area contributed by atoms with Crippen molar-refractivity contribution in [1.82, 2.24) is 9.97 Å². The van der Waals surface area contributed by atoms with Crippen LogP contribution in [-0.4, -0.2) is 27.8 Å². The molecule has 0 atom stereocenters. The summed E-state index contributed by atoms with van der Waals surface area (Å²) >= 11 is 0. The van der Waals surface area contributed by atoms with Gasteiger partial charge >= 0.3 is 6.09 Å². The summed E-state index contributed by atoms with van der Waals surface area (Å²) in [5.74, 6) is 0.272. The Balaban J connectivity index is 2.62. The Kier molecular flexibility index (Phi) is 4.68. The van der Waals surface area contributed by atoms with Crippen LogP contribution in [-0.2, 0) is 4.74 Å². The number of hydrogen-bond donors (Lipinski definition) is 2. The van der Waals surface area contributed by atoms with Crippen molar-refractivity contribution in [1.29, 1.82) is 0 Å². The third-order valence-electron chi connectivity index (χ3n) is 1.81. The molecule has 0 radical (unpaired) electrons. The highest BCUT2D eigenvalue weighted by molar-refractivity contribution is 5.83. The molecule has 0 aliphatic carbocycles. The number of rotatable bonds is 4. The van der Waals surface area contributed by atoms with Crippen LogP contribution in [0.15, 0.2) is 31.3 Å². The Morgan fingerprint density at radius 1 is 1.59 bits per heavy atom. The number of aliphatic hydroxyl groups excluding tert-OH is 1. The molecule has 1 amide bonds. The van der Waals surface area contributed by atoms with E-state index in [1.165, 1.54) is 18.5 Å². The highest BCUT2D eigenvalue weighted by Gasteiger charge is 2.04. The molecule has 6 nitrogen and oxygen atoms in total. The van der Waals surface area contributed by atoms with Gasteiger partial charge in [0.05, 0.1) is 24.3 Å². The van der Waals surface area contributed by atoms with Gasteiger partial charge in [0.15, 0.2) is 5.82 Å². The smallest absolute Gasteiger partial charge is 0.413 e. The van der Waals surface area contributed by atoms with Crippen LogP contribution in [0.2, 0.25) is 0 Å². The fourth-order valence-corrected chi connectivity index (χ4v) is 0.938. The lowest BCUT2D eigenvalue weighted by molar-refractivity contribution is 0.174. The molecular formula is C11H13N3O3. The van der Waals surface area contributed by atoms with Crippen molar-refractivity contribution in [3.05, 3.63) is 37.0 Å². The van der Waals surface area contributed by atoms with Crippen LogP contribution in [0, 0.1) is 0 Å². The number of allylic oxidation sites excluding steroid dienone is 1. The monoisotopic (exact) mass is 235 g/mol. The van der Waals surface area contributed by atoms with Crippen LogP contribution in [0.1, 0.15) is 12.6 Å². The summed E-state index contributed by atoms with van der Waals surface area (Å²) in [4.78, 5) is 19.1. The lowest BCUT2D eigenvalue weighted by Crippen LogP contribution is -2.14. The van der Waals surface area contributed by atoms with Gasteiger partial charge in [0.1, 0.15) is 6.61 Å². The maximum atomic E-state index is 11.1. The second kappa shape index (κ2) is 6.26. The molecule has 0 saturated carbocycles. The first-order chi connectivity index (χ1) is 8.17. The lowest BCUT2D eigenvalue weighted by atomic mass is 10.2. The summed E-state index contributed by atoms with van der Waals surface area (Å²) in [6, 6.07) is 0. The van der Waals surface area contributed by atoms with Crippen LogP contribution in [0.25, 0.3) is 5.57 Å². The van der Waals surface area contributed by atoms with Gasteiger partial charge in [-0.2, -0.15) is 0 Å². The van der Waals surface area contributed by atoms with Gasteiger partial charge in [0.25, 0.3) is 0 Å². The third kappa shape index (κ3) is 3.94. The van der Waals surface area contributed by atoms with E-state index in [1.54, 1.807) is 6.92 Å². The Bertz CT molecular complexity index is 426. The molecule has 1 heterocycles. The molecule has 0 aromatic carbocycles. The van der Waals surface area contributed by atoms with Crippen molar-refractivity contribution in [2.24, 2.45) is 0 Å². The normalized spacial score (nSPS) is 10.8. The number of ether oxygens (including phenoxy) is 1. The molecule has 1 rings (SSSR count). The molecule has 1 aromatic rings. The van der Waals surface area contributed by atoms with Gasteiger partial charge in [0.2, 0.25) is 0 Å². The standard InChI is InChI=1S/C11H13N3O3/c1-3-4-17-11(16)14-10-6-12-9(5-13-10)8(2)7-15/h3,5-7,15H,1,4H2,2H3,(H,13,14,16)/b8-7+. The molecule has 0 aliphatic rings. The fourth-order valence-electron chi connectivity index (χ4n) is 0.938. The number of nitrogens with one attached hydrogen (secondary N) is 1. The van der Waals surface area contributed by atoms with Crippen LogP contribution in [0.5, 0.6) is 0 Å². The number of aromatic nitrogens is 2. The van der Waals surface area contributed by atoms with Crippen molar-refractivity contribution in [3.63, 3.8) is 0 Å². The van der Waals surface area contributed by atoms with E-state index in [2.05, 4.69) is 21.9 Å². The largest absolute Gasteiger partial charge is 0.515 e. The van der Waals surface area contributed by atoms with Gasteiger partial charge in [-0.25, -0.2) is 9.78 Å². The van der Waals surface area contributed by atoms with E-state index >= 15 is 0 Å².